The van der Waals surface area contributed by atoms with E-state index in [1.165, 1.54) is 0 Å². The van der Waals surface area contributed by atoms with Gasteiger partial charge in [0.15, 0.2) is 0 Å². The van der Waals surface area contributed by atoms with Gasteiger partial charge in [-0.15, -0.1) is 11.6 Å². The van der Waals surface area contributed by atoms with Crippen molar-refractivity contribution in [1.29, 1.82) is 0 Å². The lowest BCUT2D eigenvalue weighted by Gasteiger charge is -2.23. The van der Waals surface area contributed by atoms with Gasteiger partial charge in [0.2, 0.25) is 0 Å². The van der Waals surface area contributed by atoms with Crippen molar-refractivity contribution in [2.24, 2.45) is 0 Å². The van der Waals surface area contributed by atoms with Gasteiger partial charge >= 0.3 is 0 Å². The first-order valence-corrected chi connectivity index (χ1v) is 4.58. The molecule has 0 aromatic heterocycles. The van der Waals surface area contributed by atoms with E-state index >= 15 is 0 Å². The maximum absolute atomic E-state index is 13.4. The van der Waals surface area contributed by atoms with Crippen LogP contribution < -0.4 is 0 Å². The van der Waals surface area contributed by atoms with Crippen molar-refractivity contribution in [3.05, 3.63) is 35.4 Å². The molecule has 2 heteroatoms. The molecular weight excluding hydrogens is 175 g/mol. The fourth-order valence-corrected chi connectivity index (χ4v) is 1.91. The Kier molecular flexibility index (Phi) is 2.05. The second-order valence-corrected chi connectivity index (χ2v) is 3.72. The minimum Gasteiger partial charge on any atom is -0.241 e. The smallest absolute Gasteiger partial charge is 0.142 e. The van der Waals surface area contributed by atoms with Crippen LogP contribution in [0.5, 0.6) is 0 Å². The highest BCUT2D eigenvalue weighted by Gasteiger charge is 2.26. The Morgan fingerprint density at radius 1 is 1.33 bits per heavy atom. The van der Waals surface area contributed by atoms with Gasteiger partial charge in [0, 0.05) is 0 Å². The summed E-state index contributed by atoms with van der Waals surface area (Å²) in [6.07, 6.45) is 0.682. The van der Waals surface area contributed by atoms with Crippen LogP contribution in [0, 0.1) is 0 Å². The number of halogens is 2. The maximum atomic E-state index is 13.4. The minimum absolute atomic E-state index is 0.333. The fraction of sp³-hybridized carbons (Fsp3) is 0.400. The SMILES string of the molecule is FC1c2ccccc2CCC1Cl. The van der Waals surface area contributed by atoms with E-state index < -0.39 is 6.17 Å². The largest absolute Gasteiger partial charge is 0.241 e. The molecule has 12 heavy (non-hydrogen) atoms. The van der Waals surface area contributed by atoms with Gasteiger partial charge < -0.3 is 0 Å². The van der Waals surface area contributed by atoms with E-state index in [0.29, 0.717) is 0 Å². The summed E-state index contributed by atoms with van der Waals surface area (Å²) in [5.74, 6) is 0. The molecule has 1 aliphatic rings. The molecule has 0 N–H and O–H groups in total. The van der Waals surface area contributed by atoms with Crippen molar-refractivity contribution >= 4 is 11.6 Å². The summed E-state index contributed by atoms with van der Waals surface area (Å²) >= 11 is 5.82. The van der Waals surface area contributed by atoms with Crippen LogP contribution in [0.4, 0.5) is 4.39 Å². The van der Waals surface area contributed by atoms with Crippen LogP contribution in [0.1, 0.15) is 23.7 Å². The summed E-state index contributed by atoms with van der Waals surface area (Å²) < 4.78 is 13.4. The normalized spacial score (nSPS) is 28.2. The molecule has 0 amide bonds. The highest BCUT2D eigenvalue weighted by Crippen LogP contribution is 2.35. The maximum Gasteiger partial charge on any atom is 0.142 e. The van der Waals surface area contributed by atoms with Gasteiger partial charge in [-0.2, -0.15) is 0 Å². The van der Waals surface area contributed by atoms with Crippen molar-refractivity contribution in [3.8, 4) is 0 Å². The lowest BCUT2D eigenvalue weighted by molar-refractivity contribution is 0.308. The predicted molar refractivity (Wildman–Crippen MR) is 48.3 cm³/mol. The van der Waals surface area contributed by atoms with Crippen molar-refractivity contribution in [1.82, 2.24) is 0 Å². The van der Waals surface area contributed by atoms with Gasteiger partial charge in [0.25, 0.3) is 0 Å². The molecule has 0 fully saturated rings. The van der Waals surface area contributed by atoms with E-state index in [1.807, 2.05) is 24.3 Å². The van der Waals surface area contributed by atoms with Crippen LogP contribution in [0.3, 0.4) is 0 Å². The Hall–Kier alpha value is -0.560. The molecule has 0 heterocycles. The first-order valence-electron chi connectivity index (χ1n) is 4.15. The van der Waals surface area contributed by atoms with Gasteiger partial charge in [-0.25, -0.2) is 4.39 Å². The number of aryl methyl sites for hydroxylation is 1. The van der Waals surface area contributed by atoms with E-state index in [-0.39, 0.29) is 5.38 Å². The number of hydrogen-bond acceptors (Lipinski definition) is 0. The van der Waals surface area contributed by atoms with Gasteiger partial charge in [-0.1, -0.05) is 24.3 Å². The van der Waals surface area contributed by atoms with Crippen LogP contribution in [0.15, 0.2) is 24.3 Å². The average Bonchev–Trinajstić information content (AvgIpc) is 2.12. The Labute approximate surface area is 76.4 Å². The van der Waals surface area contributed by atoms with E-state index in [1.54, 1.807) is 0 Å². The lowest BCUT2D eigenvalue weighted by Crippen LogP contribution is -2.17. The first kappa shape index (κ1) is 8.06. The molecule has 0 aliphatic heterocycles. The highest BCUT2D eigenvalue weighted by atomic mass is 35.5. The average molecular weight is 185 g/mol. The summed E-state index contributed by atoms with van der Waals surface area (Å²) in [5, 5.41) is -0.333. The van der Waals surface area contributed by atoms with Crippen molar-refractivity contribution in [2.45, 2.75) is 24.4 Å². The summed E-state index contributed by atoms with van der Waals surface area (Å²) in [6, 6.07) is 7.61. The number of alkyl halides is 2. The zero-order chi connectivity index (χ0) is 8.55. The molecule has 2 atom stereocenters. The zero-order valence-corrected chi connectivity index (χ0v) is 7.39. The second kappa shape index (κ2) is 3.06. The van der Waals surface area contributed by atoms with Crippen molar-refractivity contribution < 1.29 is 4.39 Å². The fourth-order valence-electron chi connectivity index (χ4n) is 1.67. The zero-order valence-electron chi connectivity index (χ0n) is 6.63. The third-order valence-electron chi connectivity index (χ3n) is 2.36. The van der Waals surface area contributed by atoms with Gasteiger partial charge in [-0.3, -0.25) is 0 Å². The third kappa shape index (κ3) is 1.22. The Balaban J connectivity index is 2.42. The summed E-state index contributed by atoms with van der Waals surface area (Å²) in [6.45, 7) is 0. The van der Waals surface area contributed by atoms with Crippen LogP contribution in [0.2, 0.25) is 0 Å². The van der Waals surface area contributed by atoms with Crippen molar-refractivity contribution in [2.75, 3.05) is 0 Å². The quantitative estimate of drug-likeness (QED) is 0.543. The molecule has 0 spiro atoms. The molecule has 0 bridgehead atoms. The van der Waals surface area contributed by atoms with E-state index in [4.69, 9.17) is 11.6 Å². The summed E-state index contributed by atoms with van der Waals surface area (Å²) in [7, 11) is 0. The molecule has 1 aromatic rings. The summed E-state index contributed by atoms with van der Waals surface area (Å²) in [5.41, 5.74) is 1.89. The van der Waals surface area contributed by atoms with Crippen LogP contribution in [-0.4, -0.2) is 5.38 Å². The van der Waals surface area contributed by atoms with E-state index in [2.05, 4.69) is 0 Å². The highest BCUT2D eigenvalue weighted by molar-refractivity contribution is 6.21. The molecule has 0 saturated heterocycles. The molecule has 2 unspecified atom stereocenters. The Bertz CT molecular complexity index is 285. The van der Waals surface area contributed by atoms with E-state index in [0.717, 1.165) is 24.0 Å². The summed E-state index contributed by atoms with van der Waals surface area (Å²) in [4.78, 5) is 0. The van der Waals surface area contributed by atoms with Crippen LogP contribution in [-0.2, 0) is 6.42 Å². The van der Waals surface area contributed by atoms with Gasteiger partial charge in [0.05, 0.1) is 5.38 Å². The van der Waals surface area contributed by atoms with Crippen LogP contribution in [0.25, 0.3) is 0 Å². The number of benzene rings is 1. The second-order valence-electron chi connectivity index (χ2n) is 3.16. The Morgan fingerprint density at radius 2 is 2.08 bits per heavy atom. The lowest BCUT2D eigenvalue weighted by atomic mass is 9.90. The Morgan fingerprint density at radius 3 is 2.92 bits per heavy atom. The minimum atomic E-state index is -0.975. The molecule has 0 saturated carbocycles. The number of rotatable bonds is 0. The number of hydrogen-bond donors (Lipinski definition) is 0. The molecule has 1 aromatic carbocycles. The van der Waals surface area contributed by atoms with E-state index in [9.17, 15) is 4.39 Å². The molecule has 64 valence electrons. The first-order chi connectivity index (χ1) is 5.79. The molecule has 1 aliphatic carbocycles. The standard InChI is InChI=1S/C10H10ClF/c11-9-6-5-7-3-1-2-4-8(7)10(9)12/h1-4,9-10H,5-6H2. The molecular formula is C10H10ClF. The number of fused-ring (bicyclic) bond motifs is 1. The monoisotopic (exact) mass is 184 g/mol. The topological polar surface area (TPSA) is 0 Å². The van der Waals surface area contributed by atoms with Crippen molar-refractivity contribution in [3.63, 3.8) is 0 Å². The van der Waals surface area contributed by atoms with Gasteiger partial charge in [0.1, 0.15) is 6.17 Å². The molecule has 2 rings (SSSR count). The van der Waals surface area contributed by atoms with Gasteiger partial charge in [-0.05, 0) is 24.0 Å². The van der Waals surface area contributed by atoms with Crippen LogP contribution >= 0.6 is 11.6 Å². The predicted octanol–water partition coefficient (Wildman–Crippen LogP) is 3.25. The molecule has 0 radical (unpaired) electrons. The molecule has 0 nitrogen and oxygen atoms in total. The third-order valence-corrected chi connectivity index (χ3v) is 2.80.